The van der Waals surface area contributed by atoms with Crippen molar-refractivity contribution in [3.05, 3.63) is 18.2 Å². The molecule has 0 aliphatic rings. The van der Waals surface area contributed by atoms with Gasteiger partial charge in [0.25, 0.3) is 0 Å². The van der Waals surface area contributed by atoms with Crippen molar-refractivity contribution >= 4 is 0 Å². The third kappa shape index (κ3) is 6.34. The van der Waals surface area contributed by atoms with Crippen LogP contribution < -0.4 is 19.5 Å². The molecular formula is C15H25NO3. The van der Waals surface area contributed by atoms with E-state index in [1.165, 1.54) is 0 Å². The molecule has 4 heteroatoms. The third-order valence-electron chi connectivity index (χ3n) is 2.57. The van der Waals surface area contributed by atoms with Crippen LogP contribution in [0.2, 0.25) is 0 Å². The van der Waals surface area contributed by atoms with Crippen LogP contribution in [0.25, 0.3) is 0 Å². The predicted molar refractivity (Wildman–Crippen MR) is 77.4 cm³/mol. The standard InChI is InChI=1S/C15H25NO3/c1-15(2,3)16-7-6-8-19-14-10-12(17-4)9-13(11-14)18-5/h9-11,16H,6-8H2,1-5H3. The lowest BCUT2D eigenvalue weighted by atomic mass is 10.1. The monoisotopic (exact) mass is 267 g/mol. The lowest BCUT2D eigenvalue weighted by Gasteiger charge is -2.20. The van der Waals surface area contributed by atoms with Gasteiger partial charge in [0.05, 0.1) is 20.8 Å². The van der Waals surface area contributed by atoms with E-state index < -0.39 is 0 Å². The lowest BCUT2D eigenvalue weighted by molar-refractivity contribution is 0.294. The Labute approximate surface area is 116 Å². The van der Waals surface area contributed by atoms with Gasteiger partial charge in [-0.15, -0.1) is 0 Å². The van der Waals surface area contributed by atoms with Crippen molar-refractivity contribution in [2.45, 2.75) is 32.7 Å². The van der Waals surface area contributed by atoms with Crippen LogP contribution in [0.3, 0.4) is 0 Å². The Bertz CT molecular complexity index is 363. The first-order valence-corrected chi connectivity index (χ1v) is 6.55. The SMILES string of the molecule is COc1cc(OC)cc(OCCCNC(C)(C)C)c1. The first-order chi connectivity index (χ1) is 8.94. The third-order valence-corrected chi connectivity index (χ3v) is 2.57. The molecule has 0 radical (unpaired) electrons. The van der Waals surface area contributed by atoms with Crippen LogP contribution in [-0.2, 0) is 0 Å². The molecule has 0 heterocycles. The highest BCUT2D eigenvalue weighted by molar-refractivity contribution is 5.41. The van der Waals surface area contributed by atoms with Crippen LogP contribution in [-0.4, -0.2) is 32.9 Å². The molecule has 0 saturated carbocycles. The summed E-state index contributed by atoms with van der Waals surface area (Å²) in [6.07, 6.45) is 0.955. The summed E-state index contributed by atoms with van der Waals surface area (Å²) in [4.78, 5) is 0. The zero-order chi connectivity index (χ0) is 14.3. The van der Waals surface area contributed by atoms with E-state index in [-0.39, 0.29) is 5.54 Å². The normalized spacial score (nSPS) is 11.2. The molecule has 0 unspecified atom stereocenters. The van der Waals surface area contributed by atoms with Crippen molar-refractivity contribution in [1.29, 1.82) is 0 Å². The average Bonchev–Trinajstić information content (AvgIpc) is 2.36. The average molecular weight is 267 g/mol. The predicted octanol–water partition coefficient (Wildman–Crippen LogP) is 2.86. The van der Waals surface area contributed by atoms with Gasteiger partial charge in [-0.2, -0.15) is 0 Å². The second-order valence-corrected chi connectivity index (χ2v) is 5.43. The van der Waals surface area contributed by atoms with Crippen molar-refractivity contribution in [2.75, 3.05) is 27.4 Å². The minimum absolute atomic E-state index is 0.152. The highest BCUT2D eigenvalue weighted by Crippen LogP contribution is 2.27. The van der Waals surface area contributed by atoms with Gasteiger partial charge >= 0.3 is 0 Å². The van der Waals surface area contributed by atoms with Crippen LogP contribution in [0.15, 0.2) is 18.2 Å². The number of nitrogens with one attached hydrogen (secondary N) is 1. The van der Waals surface area contributed by atoms with E-state index in [2.05, 4.69) is 26.1 Å². The highest BCUT2D eigenvalue weighted by atomic mass is 16.5. The van der Waals surface area contributed by atoms with Crippen LogP contribution >= 0.6 is 0 Å². The van der Waals surface area contributed by atoms with Gasteiger partial charge in [0.15, 0.2) is 0 Å². The molecule has 0 bridgehead atoms. The summed E-state index contributed by atoms with van der Waals surface area (Å²) >= 11 is 0. The van der Waals surface area contributed by atoms with Crippen molar-refractivity contribution < 1.29 is 14.2 Å². The Hall–Kier alpha value is -1.42. The maximum absolute atomic E-state index is 5.71. The Balaban J connectivity index is 2.40. The lowest BCUT2D eigenvalue weighted by Crippen LogP contribution is -2.36. The highest BCUT2D eigenvalue weighted by Gasteiger charge is 2.07. The molecule has 108 valence electrons. The van der Waals surface area contributed by atoms with E-state index in [1.54, 1.807) is 14.2 Å². The number of methoxy groups -OCH3 is 2. The minimum Gasteiger partial charge on any atom is -0.496 e. The number of hydrogen-bond donors (Lipinski definition) is 1. The van der Waals surface area contributed by atoms with Gasteiger partial charge < -0.3 is 19.5 Å². The fourth-order valence-corrected chi connectivity index (χ4v) is 1.59. The van der Waals surface area contributed by atoms with E-state index in [4.69, 9.17) is 14.2 Å². The topological polar surface area (TPSA) is 39.7 Å². The van der Waals surface area contributed by atoms with Crippen LogP contribution in [0.5, 0.6) is 17.2 Å². The number of rotatable bonds is 7. The van der Waals surface area contributed by atoms with E-state index in [1.807, 2.05) is 18.2 Å². The number of benzene rings is 1. The molecule has 0 aliphatic carbocycles. The molecule has 1 N–H and O–H groups in total. The molecule has 0 spiro atoms. The summed E-state index contributed by atoms with van der Waals surface area (Å²) in [5, 5.41) is 3.42. The van der Waals surface area contributed by atoms with Gasteiger partial charge in [0, 0.05) is 23.7 Å². The fraction of sp³-hybridized carbons (Fsp3) is 0.600. The summed E-state index contributed by atoms with van der Waals surface area (Å²) in [7, 11) is 3.26. The van der Waals surface area contributed by atoms with Gasteiger partial charge in [0.1, 0.15) is 17.2 Å². The summed E-state index contributed by atoms with van der Waals surface area (Å²) < 4.78 is 16.1. The molecule has 0 atom stereocenters. The zero-order valence-corrected chi connectivity index (χ0v) is 12.6. The maximum atomic E-state index is 5.71. The summed E-state index contributed by atoms with van der Waals surface area (Å²) in [6, 6.07) is 5.55. The first-order valence-electron chi connectivity index (χ1n) is 6.55. The molecule has 0 saturated heterocycles. The van der Waals surface area contributed by atoms with Crippen molar-refractivity contribution in [3.63, 3.8) is 0 Å². The Morgan fingerprint density at radius 1 is 0.947 bits per heavy atom. The molecular weight excluding hydrogens is 242 g/mol. The molecule has 0 aromatic heterocycles. The molecule has 0 aliphatic heterocycles. The van der Waals surface area contributed by atoms with E-state index in [9.17, 15) is 0 Å². The van der Waals surface area contributed by atoms with Crippen molar-refractivity contribution in [2.24, 2.45) is 0 Å². The molecule has 1 aromatic carbocycles. The van der Waals surface area contributed by atoms with E-state index in [0.717, 1.165) is 30.2 Å². The second-order valence-electron chi connectivity index (χ2n) is 5.43. The van der Waals surface area contributed by atoms with Crippen LogP contribution in [0.1, 0.15) is 27.2 Å². The first kappa shape index (κ1) is 15.6. The smallest absolute Gasteiger partial charge is 0.126 e. The summed E-state index contributed by atoms with van der Waals surface area (Å²) in [5.74, 6) is 2.25. The van der Waals surface area contributed by atoms with Gasteiger partial charge in [-0.05, 0) is 33.7 Å². The molecule has 4 nitrogen and oxygen atoms in total. The van der Waals surface area contributed by atoms with Crippen molar-refractivity contribution in [1.82, 2.24) is 5.32 Å². The van der Waals surface area contributed by atoms with Gasteiger partial charge in [-0.3, -0.25) is 0 Å². The molecule has 19 heavy (non-hydrogen) atoms. The Morgan fingerprint density at radius 2 is 1.47 bits per heavy atom. The van der Waals surface area contributed by atoms with Crippen LogP contribution in [0, 0.1) is 0 Å². The van der Waals surface area contributed by atoms with Gasteiger partial charge in [-0.1, -0.05) is 0 Å². The van der Waals surface area contributed by atoms with Crippen molar-refractivity contribution in [3.8, 4) is 17.2 Å². The molecule has 0 amide bonds. The second kappa shape index (κ2) is 7.24. The van der Waals surface area contributed by atoms with Gasteiger partial charge in [0.2, 0.25) is 0 Å². The zero-order valence-electron chi connectivity index (χ0n) is 12.6. The molecule has 1 rings (SSSR count). The number of hydrogen-bond acceptors (Lipinski definition) is 4. The van der Waals surface area contributed by atoms with Crippen LogP contribution in [0.4, 0.5) is 0 Å². The quantitative estimate of drug-likeness (QED) is 0.771. The molecule has 1 aromatic rings. The summed E-state index contributed by atoms with van der Waals surface area (Å²) in [5.41, 5.74) is 0.152. The van der Waals surface area contributed by atoms with E-state index >= 15 is 0 Å². The Kier molecular flexibility index (Phi) is 5.96. The summed E-state index contributed by atoms with van der Waals surface area (Å²) in [6.45, 7) is 8.06. The maximum Gasteiger partial charge on any atom is 0.126 e. The minimum atomic E-state index is 0.152. The molecule has 0 fully saturated rings. The van der Waals surface area contributed by atoms with E-state index in [0.29, 0.717) is 6.61 Å². The fourth-order valence-electron chi connectivity index (χ4n) is 1.59. The Morgan fingerprint density at radius 3 is 1.95 bits per heavy atom. The number of ether oxygens (including phenoxy) is 3. The van der Waals surface area contributed by atoms with Gasteiger partial charge in [-0.25, -0.2) is 0 Å². The largest absolute Gasteiger partial charge is 0.496 e.